The third kappa shape index (κ3) is 1.81. The first-order chi connectivity index (χ1) is 8.78. The molecule has 1 aromatic heterocycles. The summed E-state index contributed by atoms with van der Waals surface area (Å²) in [7, 11) is 0. The summed E-state index contributed by atoms with van der Waals surface area (Å²) < 4.78 is 10.5. The predicted molar refractivity (Wildman–Crippen MR) is 66.4 cm³/mol. The number of benzene rings is 1. The molecular formula is C11H9ClN4O2. The molecule has 92 valence electrons. The van der Waals surface area contributed by atoms with Gasteiger partial charge >= 0.3 is 0 Å². The van der Waals surface area contributed by atoms with E-state index in [1.54, 1.807) is 24.4 Å². The zero-order valence-corrected chi connectivity index (χ0v) is 9.94. The summed E-state index contributed by atoms with van der Waals surface area (Å²) in [6, 6.07) is 5.17. The fourth-order valence-corrected chi connectivity index (χ4v) is 1.94. The van der Waals surface area contributed by atoms with Crippen molar-refractivity contribution in [3.8, 4) is 22.9 Å². The minimum Gasteiger partial charge on any atom is -0.454 e. The molecule has 2 heterocycles. The summed E-state index contributed by atoms with van der Waals surface area (Å²) in [5.41, 5.74) is 3.20. The molecule has 0 atom stereocenters. The molecule has 0 saturated carbocycles. The number of hydrogen-bond acceptors (Lipinski definition) is 6. The number of hydrogen-bond donors (Lipinski definition) is 2. The fourth-order valence-electron chi connectivity index (χ4n) is 1.67. The van der Waals surface area contributed by atoms with Crippen molar-refractivity contribution in [3.05, 3.63) is 29.4 Å². The van der Waals surface area contributed by atoms with Crippen LogP contribution < -0.4 is 20.7 Å². The number of nitrogens with one attached hydrogen (secondary N) is 1. The van der Waals surface area contributed by atoms with Gasteiger partial charge in [0.1, 0.15) is 5.82 Å². The highest BCUT2D eigenvalue weighted by molar-refractivity contribution is 6.32. The van der Waals surface area contributed by atoms with Gasteiger partial charge in [0.05, 0.1) is 5.02 Å². The number of anilines is 1. The van der Waals surface area contributed by atoms with E-state index in [0.29, 0.717) is 28.2 Å². The van der Waals surface area contributed by atoms with Crippen LogP contribution in [0.2, 0.25) is 5.02 Å². The Bertz CT molecular complexity index is 606. The third-order valence-corrected chi connectivity index (χ3v) is 2.77. The van der Waals surface area contributed by atoms with Crippen molar-refractivity contribution in [2.75, 3.05) is 12.2 Å². The van der Waals surface area contributed by atoms with Gasteiger partial charge < -0.3 is 14.9 Å². The molecule has 3 rings (SSSR count). The Morgan fingerprint density at radius 3 is 3.06 bits per heavy atom. The first-order valence-corrected chi connectivity index (χ1v) is 5.55. The smallest absolute Gasteiger partial charge is 0.231 e. The quantitative estimate of drug-likeness (QED) is 0.636. The Morgan fingerprint density at radius 1 is 1.33 bits per heavy atom. The van der Waals surface area contributed by atoms with Crippen LogP contribution in [0.15, 0.2) is 24.4 Å². The number of nitrogens with two attached hydrogens (primary N) is 1. The van der Waals surface area contributed by atoms with Gasteiger partial charge in [0.25, 0.3) is 0 Å². The van der Waals surface area contributed by atoms with Crippen molar-refractivity contribution in [2.24, 2.45) is 5.84 Å². The summed E-state index contributed by atoms with van der Waals surface area (Å²) in [5, 5.41) is 0.467. The number of ether oxygens (including phenoxy) is 2. The van der Waals surface area contributed by atoms with Crippen molar-refractivity contribution in [2.45, 2.75) is 0 Å². The molecule has 6 nitrogen and oxygen atoms in total. The Kier molecular flexibility index (Phi) is 2.66. The normalized spacial score (nSPS) is 12.6. The van der Waals surface area contributed by atoms with Crippen molar-refractivity contribution >= 4 is 17.4 Å². The van der Waals surface area contributed by atoms with Gasteiger partial charge in [-0.3, -0.25) is 0 Å². The first-order valence-electron chi connectivity index (χ1n) is 5.17. The second kappa shape index (κ2) is 4.32. The van der Waals surface area contributed by atoms with E-state index in [4.69, 9.17) is 26.9 Å². The van der Waals surface area contributed by atoms with Crippen LogP contribution in [-0.2, 0) is 0 Å². The van der Waals surface area contributed by atoms with Gasteiger partial charge in [0, 0.05) is 17.8 Å². The Morgan fingerprint density at radius 2 is 2.22 bits per heavy atom. The molecule has 1 aliphatic rings. The molecule has 0 spiro atoms. The van der Waals surface area contributed by atoms with E-state index < -0.39 is 0 Å². The fraction of sp³-hybridized carbons (Fsp3) is 0.0909. The number of hydrazine groups is 1. The van der Waals surface area contributed by atoms with E-state index in [1.165, 1.54) is 0 Å². The van der Waals surface area contributed by atoms with Gasteiger partial charge in [0.15, 0.2) is 17.3 Å². The molecule has 1 aliphatic heterocycles. The third-order valence-electron chi connectivity index (χ3n) is 2.49. The number of nitrogens with zero attached hydrogens (tertiary/aromatic N) is 2. The van der Waals surface area contributed by atoms with Gasteiger partial charge in [-0.1, -0.05) is 11.6 Å². The highest BCUT2D eigenvalue weighted by Gasteiger charge is 2.19. The molecule has 7 heteroatoms. The lowest BCUT2D eigenvalue weighted by Gasteiger charge is -2.05. The topological polar surface area (TPSA) is 82.3 Å². The van der Waals surface area contributed by atoms with Crippen molar-refractivity contribution in [1.82, 2.24) is 9.97 Å². The molecule has 3 N–H and O–H groups in total. The lowest BCUT2D eigenvalue weighted by atomic mass is 10.2. The molecule has 0 bridgehead atoms. The monoisotopic (exact) mass is 264 g/mol. The van der Waals surface area contributed by atoms with E-state index >= 15 is 0 Å². The minimum absolute atomic E-state index is 0.170. The highest BCUT2D eigenvalue weighted by Crippen LogP contribution is 2.41. The Balaban J connectivity index is 2.09. The van der Waals surface area contributed by atoms with Crippen LogP contribution in [0, 0.1) is 0 Å². The van der Waals surface area contributed by atoms with Gasteiger partial charge in [0.2, 0.25) is 6.79 Å². The van der Waals surface area contributed by atoms with Crippen LogP contribution in [0.4, 0.5) is 5.82 Å². The Hall–Kier alpha value is -2.05. The second-order valence-electron chi connectivity index (χ2n) is 3.60. The van der Waals surface area contributed by atoms with Crippen LogP contribution in [0.3, 0.4) is 0 Å². The average Bonchev–Trinajstić information content (AvgIpc) is 2.87. The molecule has 2 aromatic rings. The van der Waals surface area contributed by atoms with Crippen molar-refractivity contribution < 1.29 is 9.47 Å². The molecular weight excluding hydrogens is 256 g/mol. The van der Waals surface area contributed by atoms with Gasteiger partial charge in [-0.05, 0) is 12.1 Å². The van der Waals surface area contributed by atoms with Gasteiger partial charge in [-0.15, -0.1) is 0 Å². The number of nitrogen functional groups attached to an aromatic ring is 1. The highest BCUT2D eigenvalue weighted by atomic mass is 35.5. The van der Waals surface area contributed by atoms with E-state index in [-0.39, 0.29) is 6.79 Å². The second-order valence-corrected chi connectivity index (χ2v) is 4.01. The molecule has 0 aliphatic carbocycles. The molecule has 18 heavy (non-hydrogen) atoms. The lowest BCUT2D eigenvalue weighted by Crippen LogP contribution is -2.09. The number of fused-ring (bicyclic) bond motifs is 1. The summed E-state index contributed by atoms with van der Waals surface area (Å²) in [6.45, 7) is 0.170. The SMILES string of the molecule is NNc1ccnc(-c2cc(Cl)c3c(c2)OCO3)n1. The number of rotatable bonds is 2. The largest absolute Gasteiger partial charge is 0.454 e. The summed E-state index contributed by atoms with van der Waals surface area (Å²) in [6.07, 6.45) is 1.61. The average molecular weight is 265 g/mol. The van der Waals surface area contributed by atoms with Crippen LogP contribution in [0.1, 0.15) is 0 Å². The van der Waals surface area contributed by atoms with Crippen LogP contribution in [-0.4, -0.2) is 16.8 Å². The van der Waals surface area contributed by atoms with Crippen LogP contribution >= 0.6 is 11.6 Å². The van der Waals surface area contributed by atoms with E-state index in [9.17, 15) is 0 Å². The predicted octanol–water partition coefficient (Wildman–Crippen LogP) is 1.81. The molecule has 0 fully saturated rings. The number of halogens is 1. The van der Waals surface area contributed by atoms with Crippen LogP contribution in [0.5, 0.6) is 11.5 Å². The van der Waals surface area contributed by atoms with Gasteiger partial charge in [-0.25, -0.2) is 15.8 Å². The zero-order chi connectivity index (χ0) is 12.5. The first kappa shape index (κ1) is 11.1. The lowest BCUT2D eigenvalue weighted by molar-refractivity contribution is 0.174. The van der Waals surface area contributed by atoms with Crippen molar-refractivity contribution in [1.29, 1.82) is 0 Å². The van der Waals surface area contributed by atoms with E-state index in [0.717, 1.165) is 5.56 Å². The molecule has 0 amide bonds. The molecule has 0 radical (unpaired) electrons. The van der Waals surface area contributed by atoms with E-state index in [1.807, 2.05) is 0 Å². The van der Waals surface area contributed by atoms with Crippen LogP contribution in [0.25, 0.3) is 11.4 Å². The molecule has 1 aromatic carbocycles. The molecule has 0 saturated heterocycles. The maximum absolute atomic E-state index is 6.10. The maximum Gasteiger partial charge on any atom is 0.231 e. The summed E-state index contributed by atoms with van der Waals surface area (Å²) in [5.74, 6) is 7.47. The van der Waals surface area contributed by atoms with Gasteiger partial charge in [-0.2, -0.15) is 0 Å². The standard InChI is InChI=1S/C11H9ClN4O2/c12-7-3-6(4-8-10(7)18-5-17-8)11-14-2-1-9(15-11)16-13/h1-4H,5,13H2,(H,14,15,16). The summed E-state index contributed by atoms with van der Waals surface area (Å²) in [4.78, 5) is 8.39. The maximum atomic E-state index is 6.10. The Labute approximate surface area is 108 Å². The zero-order valence-electron chi connectivity index (χ0n) is 9.18. The summed E-state index contributed by atoms with van der Waals surface area (Å²) >= 11 is 6.10. The minimum atomic E-state index is 0.170. The molecule has 0 unspecified atom stereocenters. The number of aromatic nitrogens is 2. The van der Waals surface area contributed by atoms with E-state index in [2.05, 4.69) is 15.4 Å². The van der Waals surface area contributed by atoms with Crippen molar-refractivity contribution in [3.63, 3.8) is 0 Å².